The highest BCUT2D eigenvalue weighted by Crippen LogP contribution is 2.31. The average molecular weight is 322 g/mol. The van der Waals surface area contributed by atoms with Gasteiger partial charge in [-0.1, -0.05) is 11.3 Å². The molecular formula is C16H10N4O2S. The highest BCUT2D eigenvalue weighted by Gasteiger charge is 2.19. The lowest BCUT2D eigenvalue weighted by molar-refractivity contribution is 0.415. The van der Waals surface area contributed by atoms with E-state index in [4.69, 9.17) is 9.15 Å². The molecule has 0 bridgehead atoms. The molecule has 0 aliphatic rings. The van der Waals surface area contributed by atoms with Gasteiger partial charge in [-0.3, -0.25) is 0 Å². The molecule has 23 heavy (non-hydrogen) atoms. The minimum atomic E-state index is 0.402. The van der Waals surface area contributed by atoms with E-state index in [2.05, 4.69) is 16.2 Å². The van der Waals surface area contributed by atoms with Crippen molar-refractivity contribution >= 4 is 16.3 Å². The van der Waals surface area contributed by atoms with Crippen LogP contribution in [0.15, 0.2) is 47.1 Å². The largest absolute Gasteiger partial charge is 0.497 e. The number of imidazole rings is 1. The molecule has 3 heterocycles. The molecular weight excluding hydrogens is 312 g/mol. The van der Waals surface area contributed by atoms with Gasteiger partial charge in [0, 0.05) is 5.56 Å². The van der Waals surface area contributed by atoms with Crippen molar-refractivity contribution < 1.29 is 9.15 Å². The summed E-state index contributed by atoms with van der Waals surface area (Å²) in [6, 6.07) is 13.2. The van der Waals surface area contributed by atoms with Crippen LogP contribution in [0.25, 0.3) is 27.0 Å². The molecule has 3 aromatic heterocycles. The van der Waals surface area contributed by atoms with E-state index in [0.29, 0.717) is 27.1 Å². The molecule has 0 fully saturated rings. The molecule has 4 rings (SSSR count). The van der Waals surface area contributed by atoms with Crippen LogP contribution in [-0.4, -0.2) is 21.7 Å². The van der Waals surface area contributed by atoms with Crippen molar-refractivity contribution in [3.63, 3.8) is 0 Å². The number of rotatable bonds is 3. The fourth-order valence-corrected chi connectivity index (χ4v) is 3.17. The van der Waals surface area contributed by atoms with Gasteiger partial charge in [0.25, 0.3) is 0 Å². The van der Waals surface area contributed by atoms with E-state index in [1.54, 1.807) is 24.0 Å². The Kier molecular flexibility index (Phi) is 3.10. The fourth-order valence-electron chi connectivity index (χ4n) is 2.30. The average Bonchev–Trinajstić information content (AvgIpc) is 3.29. The summed E-state index contributed by atoms with van der Waals surface area (Å²) >= 11 is 1.38. The van der Waals surface area contributed by atoms with E-state index >= 15 is 0 Å². The van der Waals surface area contributed by atoms with Crippen LogP contribution in [0, 0.1) is 11.3 Å². The van der Waals surface area contributed by atoms with Gasteiger partial charge in [0.05, 0.1) is 13.4 Å². The Morgan fingerprint density at radius 2 is 2.09 bits per heavy atom. The lowest BCUT2D eigenvalue weighted by Crippen LogP contribution is -1.91. The maximum absolute atomic E-state index is 9.51. The SMILES string of the molecule is COc1ccc(-c2nc3sc(-c4ccco4)nn3c2C#N)cc1. The quantitative estimate of drug-likeness (QED) is 0.576. The number of ether oxygens (including phenoxy) is 1. The van der Waals surface area contributed by atoms with E-state index in [1.165, 1.54) is 11.3 Å². The summed E-state index contributed by atoms with van der Waals surface area (Å²) in [4.78, 5) is 5.21. The normalized spacial score (nSPS) is 10.8. The lowest BCUT2D eigenvalue weighted by atomic mass is 10.1. The van der Waals surface area contributed by atoms with Crippen LogP contribution in [0.1, 0.15) is 5.69 Å². The maximum atomic E-state index is 9.51. The first-order valence-corrected chi connectivity index (χ1v) is 7.60. The van der Waals surface area contributed by atoms with Gasteiger partial charge in [-0.2, -0.15) is 9.78 Å². The third kappa shape index (κ3) is 2.17. The number of hydrogen-bond donors (Lipinski definition) is 0. The predicted molar refractivity (Wildman–Crippen MR) is 85.3 cm³/mol. The molecule has 1 aromatic carbocycles. The Bertz CT molecular complexity index is 1010. The fraction of sp³-hybridized carbons (Fsp3) is 0.0625. The van der Waals surface area contributed by atoms with Gasteiger partial charge >= 0.3 is 0 Å². The summed E-state index contributed by atoms with van der Waals surface area (Å²) in [5, 5.41) is 14.6. The number of fused-ring (bicyclic) bond motifs is 1. The Morgan fingerprint density at radius 3 is 2.74 bits per heavy atom. The molecule has 112 valence electrons. The monoisotopic (exact) mass is 322 g/mol. The topological polar surface area (TPSA) is 76.3 Å². The van der Waals surface area contributed by atoms with E-state index in [9.17, 15) is 5.26 Å². The molecule has 0 saturated heterocycles. The van der Waals surface area contributed by atoms with Crippen molar-refractivity contribution in [2.24, 2.45) is 0 Å². The third-order valence-electron chi connectivity index (χ3n) is 3.40. The number of benzene rings is 1. The van der Waals surface area contributed by atoms with Gasteiger partial charge in [0.2, 0.25) is 4.96 Å². The van der Waals surface area contributed by atoms with Gasteiger partial charge in [-0.05, 0) is 36.4 Å². The summed E-state index contributed by atoms with van der Waals surface area (Å²) in [6.07, 6.45) is 1.59. The van der Waals surface area contributed by atoms with E-state index in [1.807, 2.05) is 30.3 Å². The van der Waals surface area contributed by atoms with Crippen molar-refractivity contribution in [2.45, 2.75) is 0 Å². The Hall–Kier alpha value is -3.11. The highest BCUT2D eigenvalue weighted by molar-refractivity contribution is 7.19. The van der Waals surface area contributed by atoms with Crippen molar-refractivity contribution in [2.75, 3.05) is 7.11 Å². The molecule has 0 saturated carbocycles. The van der Waals surface area contributed by atoms with Gasteiger partial charge in [-0.25, -0.2) is 4.98 Å². The van der Waals surface area contributed by atoms with Crippen LogP contribution in [0.5, 0.6) is 5.75 Å². The standard InChI is InChI=1S/C16H10N4O2S/c1-21-11-6-4-10(5-7-11)14-12(9-17)20-16(18-14)23-15(19-20)13-3-2-8-22-13/h2-8H,1H3. The van der Waals surface area contributed by atoms with E-state index in [-0.39, 0.29) is 0 Å². The first kappa shape index (κ1) is 13.5. The molecule has 0 atom stereocenters. The molecule has 4 aromatic rings. The minimum Gasteiger partial charge on any atom is -0.497 e. The number of furan rings is 1. The first-order valence-electron chi connectivity index (χ1n) is 6.78. The predicted octanol–water partition coefficient (Wildman–Crippen LogP) is 3.60. The second kappa shape index (κ2) is 5.26. The molecule has 0 amide bonds. The second-order valence-electron chi connectivity index (χ2n) is 4.73. The maximum Gasteiger partial charge on any atom is 0.214 e. The number of aromatic nitrogens is 3. The summed E-state index contributed by atoms with van der Waals surface area (Å²) in [7, 11) is 1.61. The summed E-state index contributed by atoms with van der Waals surface area (Å²) in [6.45, 7) is 0. The van der Waals surface area contributed by atoms with Crippen molar-refractivity contribution in [3.05, 3.63) is 48.4 Å². The number of methoxy groups -OCH3 is 1. The summed E-state index contributed by atoms with van der Waals surface area (Å²) in [5.74, 6) is 1.42. The molecule has 7 heteroatoms. The summed E-state index contributed by atoms with van der Waals surface area (Å²) in [5.41, 5.74) is 1.86. The van der Waals surface area contributed by atoms with Crippen LogP contribution >= 0.6 is 11.3 Å². The zero-order valence-corrected chi connectivity index (χ0v) is 12.9. The Labute approximate surface area is 135 Å². The van der Waals surface area contributed by atoms with Crippen molar-refractivity contribution in [1.29, 1.82) is 5.26 Å². The second-order valence-corrected chi connectivity index (χ2v) is 5.68. The Morgan fingerprint density at radius 1 is 1.26 bits per heavy atom. The summed E-state index contributed by atoms with van der Waals surface area (Å²) < 4.78 is 12.1. The van der Waals surface area contributed by atoms with Crippen LogP contribution in [0.3, 0.4) is 0 Å². The van der Waals surface area contributed by atoms with Gasteiger partial charge in [-0.15, -0.1) is 5.10 Å². The number of nitriles is 1. The lowest BCUT2D eigenvalue weighted by Gasteiger charge is -2.01. The van der Waals surface area contributed by atoms with E-state index in [0.717, 1.165) is 11.3 Å². The van der Waals surface area contributed by atoms with Crippen molar-refractivity contribution in [1.82, 2.24) is 14.6 Å². The molecule has 0 spiro atoms. The molecule has 6 nitrogen and oxygen atoms in total. The first-order chi connectivity index (χ1) is 11.3. The van der Waals surface area contributed by atoms with Crippen LogP contribution < -0.4 is 4.74 Å². The van der Waals surface area contributed by atoms with Gasteiger partial charge < -0.3 is 9.15 Å². The molecule has 0 N–H and O–H groups in total. The Balaban J connectivity index is 1.84. The molecule has 0 unspecified atom stereocenters. The van der Waals surface area contributed by atoms with Crippen LogP contribution in [-0.2, 0) is 0 Å². The van der Waals surface area contributed by atoms with Crippen LogP contribution in [0.2, 0.25) is 0 Å². The zero-order valence-electron chi connectivity index (χ0n) is 12.1. The molecule has 0 aliphatic heterocycles. The smallest absolute Gasteiger partial charge is 0.214 e. The van der Waals surface area contributed by atoms with Crippen molar-refractivity contribution in [3.8, 4) is 33.8 Å². The van der Waals surface area contributed by atoms with E-state index < -0.39 is 0 Å². The number of hydrogen-bond acceptors (Lipinski definition) is 6. The molecule has 0 radical (unpaired) electrons. The van der Waals surface area contributed by atoms with Gasteiger partial charge in [0.1, 0.15) is 17.5 Å². The van der Waals surface area contributed by atoms with Gasteiger partial charge in [0.15, 0.2) is 16.5 Å². The highest BCUT2D eigenvalue weighted by atomic mass is 32.1. The molecule has 0 aliphatic carbocycles. The van der Waals surface area contributed by atoms with Crippen LogP contribution in [0.4, 0.5) is 0 Å². The number of nitrogens with zero attached hydrogens (tertiary/aromatic N) is 4. The minimum absolute atomic E-state index is 0.402. The third-order valence-corrected chi connectivity index (χ3v) is 4.33. The zero-order chi connectivity index (χ0) is 15.8.